The second-order valence-corrected chi connectivity index (χ2v) is 6.56. The van der Waals surface area contributed by atoms with Crippen LogP contribution in [0.1, 0.15) is 31.4 Å². The maximum absolute atomic E-state index is 5.29. The van der Waals surface area contributed by atoms with Crippen molar-refractivity contribution in [3.05, 3.63) is 29.3 Å². The molecule has 20 heavy (non-hydrogen) atoms. The average Bonchev–Trinajstić information content (AvgIpc) is 2.45. The van der Waals surface area contributed by atoms with Gasteiger partial charge >= 0.3 is 0 Å². The van der Waals surface area contributed by atoms with Gasteiger partial charge in [0.15, 0.2) is 0 Å². The number of nitrogens with zero attached hydrogens (tertiary/aromatic N) is 2. The van der Waals surface area contributed by atoms with E-state index in [9.17, 15) is 0 Å². The van der Waals surface area contributed by atoms with Crippen molar-refractivity contribution < 1.29 is 4.74 Å². The number of aryl methyl sites for hydroxylation is 1. The van der Waals surface area contributed by atoms with Crippen LogP contribution in [0.15, 0.2) is 18.2 Å². The third-order valence-electron chi connectivity index (χ3n) is 5.01. The number of rotatable bonds is 4. The van der Waals surface area contributed by atoms with Gasteiger partial charge in [-0.1, -0.05) is 6.07 Å². The summed E-state index contributed by atoms with van der Waals surface area (Å²) >= 11 is 0. The van der Waals surface area contributed by atoms with Crippen LogP contribution >= 0.6 is 0 Å². The standard InChI is InChI=1S/C17H26N2O/c1-12(2)18-10-15-8-16(11-18)19(15)9-14-5-6-17(20-4)7-13(14)3/h5-7,12,15-16H,8-11H2,1-4H3. The SMILES string of the molecule is COc1ccc(CN2C3CC2CN(C(C)C)C3)c(C)c1. The summed E-state index contributed by atoms with van der Waals surface area (Å²) in [7, 11) is 1.73. The minimum absolute atomic E-state index is 0.685. The second kappa shape index (κ2) is 5.38. The molecule has 2 bridgehead atoms. The fraction of sp³-hybridized carbons (Fsp3) is 0.647. The summed E-state index contributed by atoms with van der Waals surface area (Å²) in [6.07, 6.45) is 1.39. The highest BCUT2D eigenvalue weighted by atomic mass is 16.5. The zero-order valence-corrected chi connectivity index (χ0v) is 13.1. The molecule has 0 aromatic heterocycles. The number of piperidine rings is 1. The van der Waals surface area contributed by atoms with Gasteiger partial charge in [0, 0.05) is 37.8 Å². The lowest BCUT2D eigenvalue weighted by atomic mass is 9.86. The third kappa shape index (κ3) is 2.45. The molecule has 2 aliphatic rings. The maximum atomic E-state index is 5.29. The molecular weight excluding hydrogens is 248 g/mol. The maximum Gasteiger partial charge on any atom is 0.119 e. The predicted octanol–water partition coefficient (Wildman–Crippen LogP) is 2.67. The summed E-state index contributed by atoms with van der Waals surface area (Å²) in [6, 6.07) is 8.66. The summed E-state index contributed by atoms with van der Waals surface area (Å²) in [5.41, 5.74) is 2.79. The van der Waals surface area contributed by atoms with Crippen molar-refractivity contribution in [3.63, 3.8) is 0 Å². The first-order valence-corrected chi connectivity index (χ1v) is 7.71. The number of piperazine rings is 1. The van der Waals surface area contributed by atoms with E-state index >= 15 is 0 Å². The predicted molar refractivity (Wildman–Crippen MR) is 82.2 cm³/mol. The van der Waals surface area contributed by atoms with Crippen molar-refractivity contribution in [2.75, 3.05) is 20.2 Å². The van der Waals surface area contributed by atoms with Crippen molar-refractivity contribution in [2.24, 2.45) is 0 Å². The first-order valence-electron chi connectivity index (χ1n) is 7.71. The van der Waals surface area contributed by atoms with Crippen molar-refractivity contribution in [3.8, 4) is 5.75 Å². The van der Waals surface area contributed by atoms with Crippen LogP contribution in [-0.2, 0) is 6.54 Å². The van der Waals surface area contributed by atoms with Crippen molar-refractivity contribution in [2.45, 2.75) is 51.9 Å². The van der Waals surface area contributed by atoms with Gasteiger partial charge in [0.25, 0.3) is 0 Å². The molecule has 0 spiro atoms. The molecule has 0 N–H and O–H groups in total. The van der Waals surface area contributed by atoms with E-state index in [2.05, 4.69) is 48.8 Å². The van der Waals surface area contributed by atoms with E-state index in [1.165, 1.54) is 30.6 Å². The zero-order chi connectivity index (χ0) is 14.3. The van der Waals surface area contributed by atoms with Crippen LogP contribution in [0.5, 0.6) is 5.75 Å². The van der Waals surface area contributed by atoms with Crippen molar-refractivity contribution >= 4 is 0 Å². The lowest BCUT2D eigenvalue weighted by Gasteiger charge is -2.57. The molecule has 3 heteroatoms. The van der Waals surface area contributed by atoms with E-state index in [0.29, 0.717) is 6.04 Å². The first-order chi connectivity index (χ1) is 9.58. The minimum Gasteiger partial charge on any atom is -0.497 e. The van der Waals surface area contributed by atoms with Crippen molar-refractivity contribution in [1.82, 2.24) is 9.80 Å². The molecule has 2 saturated heterocycles. The highest BCUT2D eigenvalue weighted by Crippen LogP contribution is 2.35. The van der Waals surface area contributed by atoms with E-state index in [1.807, 2.05) is 0 Å². The summed E-state index contributed by atoms with van der Waals surface area (Å²) in [6.45, 7) is 10.4. The Morgan fingerprint density at radius 3 is 2.50 bits per heavy atom. The summed E-state index contributed by atoms with van der Waals surface area (Å²) < 4.78 is 5.29. The topological polar surface area (TPSA) is 15.7 Å². The fourth-order valence-corrected chi connectivity index (χ4v) is 3.57. The second-order valence-electron chi connectivity index (χ2n) is 6.56. The number of hydrogen-bond donors (Lipinski definition) is 0. The van der Waals surface area contributed by atoms with Crippen LogP contribution in [0.3, 0.4) is 0 Å². The Morgan fingerprint density at radius 1 is 1.25 bits per heavy atom. The largest absolute Gasteiger partial charge is 0.497 e. The Hall–Kier alpha value is -1.06. The quantitative estimate of drug-likeness (QED) is 0.839. The van der Waals surface area contributed by atoms with Crippen LogP contribution in [0.2, 0.25) is 0 Å². The Bertz CT molecular complexity index is 474. The molecule has 3 nitrogen and oxygen atoms in total. The van der Waals surface area contributed by atoms with Gasteiger partial charge in [-0.15, -0.1) is 0 Å². The molecule has 110 valence electrons. The molecule has 1 aromatic rings. The van der Waals surface area contributed by atoms with Gasteiger partial charge in [-0.25, -0.2) is 0 Å². The molecule has 2 atom stereocenters. The van der Waals surface area contributed by atoms with Gasteiger partial charge in [-0.05, 0) is 50.5 Å². The van der Waals surface area contributed by atoms with Crippen LogP contribution in [0.25, 0.3) is 0 Å². The number of ether oxygens (including phenoxy) is 1. The fourth-order valence-electron chi connectivity index (χ4n) is 3.57. The molecule has 2 aliphatic heterocycles. The molecule has 2 fully saturated rings. The van der Waals surface area contributed by atoms with Crippen molar-refractivity contribution in [1.29, 1.82) is 0 Å². The molecule has 2 heterocycles. The number of benzene rings is 1. The van der Waals surface area contributed by atoms with Gasteiger partial charge < -0.3 is 4.74 Å². The normalized spacial score (nSPS) is 26.6. The smallest absolute Gasteiger partial charge is 0.119 e. The number of fused-ring (bicyclic) bond motifs is 2. The van der Waals surface area contributed by atoms with Gasteiger partial charge in [0.2, 0.25) is 0 Å². The van der Waals surface area contributed by atoms with Gasteiger partial charge in [0.05, 0.1) is 7.11 Å². The summed E-state index contributed by atoms with van der Waals surface area (Å²) in [5, 5.41) is 0. The third-order valence-corrected chi connectivity index (χ3v) is 5.01. The lowest BCUT2D eigenvalue weighted by molar-refractivity contribution is -0.0835. The summed E-state index contributed by atoms with van der Waals surface area (Å²) in [4.78, 5) is 5.31. The van der Waals surface area contributed by atoms with Crippen LogP contribution < -0.4 is 4.74 Å². The number of methoxy groups -OCH3 is 1. The van der Waals surface area contributed by atoms with Gasteiger partial charge in [-0.2, -0.15) is 0 Å². The van der Waals surface area contributed by atoms with E-state index in [4.69, 9.17) is 4.74 Å². The number of likely N-dealkylation sites (tertiary alicyclic amines) is 2. The van der Waals surface area contributed by atoms with Crippen LogP contribution in [-0.4, -0.2) is 48.1 Å². The van der Waals surface area contributed by atoms with E-state index in [0.717, 1.165) is 24.4 Å². The Labute approximate surface area is 122 Å². The molecule has 0 saturated carbocycles. The first kappa shape index (κ1) is 13.9. The minimum atomic E-state index is 0.685. The molecule has 0 amide bonds. The average molecular weight is 274 g/mol. The molecule has 2 unspecified atom stereocenters. The van der Waals surface area contributed by atoms with Crippen LogP contribution in [0, 0.1) is 6.92 Å². The van der Waals surface area contributed by atoms with Crippen LogP contribution in [0.4, 0.5) is 0 Å². The lowest BCUT2D eigenvalue weighted by Crippen LogP contribution is -2.68. The molecule has 1 aromatic carbocycles. The monoisotopic (exact) mass is 274 g/mol. The summed E-state index contributed by atoms with van der Waals surface area (Å²) in [5.74, 6) is 0.959. The highest BCUT2D eigenvalue weighted by Gasteiger charge is 2.44. The molecular formula is C17H26N2O. The van der Waals surface area contributed by atoms with E-state index in [1.54, 1.807) is 7.11 Å². The Kier molecular flexibility index (Phi) is 3.74. The highest BCUT2D eigenvalue weighted by molar-refractivity contribution is 5.35. The van der Waals surface area contributed by atoms with E-state index < -0.39 is 0 Å². The molecule has 0 aliphatic carbocycles. The van der Waals surface area contributed by atoms with Gasteiger partial charge in [-0.3, -0.25) is 9.80 Å². The number of hydrogen-bond acceptors (Lipinski definition) is 3. The zero-order valence-electron chi connectivity index (χ0n) is 13.1. The Balaban J connectivity index is 1.66. The molecule has 3 rings (SSSR count). The Morgan fingerprint density at radius 2 is 1.95 bits per heavy atom. The van der Waals surface area contributed by atoms with E-state index in [-0.39, 0.29) is 0 Å². The molecule has 0 radical (unpaired) electrons. The van der Waals surface area contributed by atoms with Gasteiger partial charge in [0.1, 0.15) is 5.75 Å².